The summed E-state index contributed by atoms with van der Waals surface area (Å²) in [7, 11) is 2.75. The van der Waals surface area contributed by atoms with Crippen LogP contribution in [0.3, 0.4) is 0 Å². The van der Waals surface area contributed by atoms with Gasteiger partial charge in [-0.05, 0) is 4.92 Å². The van der Waals surface area contributed by atoms with Crippen LogP contribution >= 0.6 is 0 Å². The van der Waals surface area contributed by atoms with E-state index in [1.165, 1.54) is 18.7 Å². The highest BCUT2D eigenvalue weighted by molar-refractivity contribution is 5.71. The monoisotopic (exact) mass is 184 g/mol. The average Bonchev–Trinajstić information content (AvgIpc) is 2.32. The van der Waals surface area contributed by atoms with Gasteiger partial charge in [0.2, 0.25) is 6.21 Å². The van der Waals surface area contributed by atoms with E-state index in [-0.39, 0.29) is 11.6 Å². The Morgan fingerprint density at radius 1 is 1.62 bits per heavy atom. The summed E-state index contributed by atoms with van der Waals surface area (Å²) in [6.07, 6.45) is 2.27. The van der Waals surface area contributed by atoms with E-state index in [0.717, 1.165) is 12.4 Å². The molecule has 0 unspecified atom stereocenters. The van der Waals surface area contributed by atoms with Gasteiger partial charge in [0, 0.05) is 0 Å². The van der Waals surface area contributed by atoms with E-state index in [1.54, 1.807) is 0 Å². The van der Waals surface area contributed by atoms with Crippen molar-refractivity contribution < 1.29 is 9.66 Å². The topological polar surface area (TPSA) is 87.0 Å². The largest absolute Gasteiger partial charge is 0.624 e. The minimum atomic E-state index is -0.560. The number of aromatic nitrogens is 2. The van der Waals surface area contributed by atoms with Gasteiger partial charge in [0.05, 0.1) is 7.05 Å². The fourth-order valence-electron chi connectivity index (χ4n) is 0.867. The molecule has 1 aromatic rings. The van der Waals surface area contributed by atoms with Crippen molar-refractivity contribution in [2.75, 3.05) is 7.05 Å². The molecule has 0 atom stereocenters. The Labute approximate surface area is 73.7 Å². The Hall–Kier alpha value is -1.92. The fraction of sp³-hybridized carbons (Fsp3) is 0.333. The maximum absolute atomic E-state index is 10.6. The summed E-state index contributed by atoms with van der Waals surface area (Å²) in [5.74, 6) is 0.109. The van der Waals surface area contributed by atoms with Gasteiger partial charge in [-0.3, -0.25) is 0 Å². The molecule has 1 rings (SSSR count). The SMILES string of the molecule is Cn1c([N+](=O)[O-])cnc1/C=[N+](/C)[O-]. The van der Waals surface area contributed by atoms with Crippen LogP contribution < -0.4 is 0 Å². The summed E-state index contributed by atoms with van der Waals surface area (Å²) in [6.45, 7) is 0. The lowest BCUT2D eigenvalue weighted by molar-refractivity contribution is -0.417. The molecule has 0 saturated carbocycles. The van der Waals surface area contributed by atoms with Crippen molar-refractivity contribution in [1.82, 2.24) is 9.55 Å². The second-order valence-electron chi connectivity index (χ2n) is 2.47. The van der Waals surface area contributed by atoms with Crippen LogP contribution in [0.1, 0.15) is 5.82 Å². The third kappa shape index (κ3) is 1.81. The van der Waals surface area contributed by atoms with Crippen LogP contribution in [-0.2, 0) is 7.05 Å². The first-order chi connectivity index (χ1) is 6.02. The number of rotatable bonds is 2. The van der Waals surface area contributed by atoms with E-state index in [1.807, 2.05) is 0 Å². The summed E-state index contributed by atoms with van der Waals surface area (Å²) < 4.78 is 1.76. The first-order valence-corrected chi connectivity index (χ1v) is 3.43. The summed E-state index contributed by atoms with van der Waals surface area (Å²) in [5.41, 5.74) is 0. The second kappa shape index (κ2) is 3.21. The molecule has 0 aliphatic heterocycles. The number of imidazole rings is 1. The van der Waals surface area contributed by atoms with Gasteiger partial charge in [0.1, 0.15) is 13.2 Å². The highest BCUT2D eigenvalue weighted by Crippen LogP contribution is 2.09. The fourth-order valence-corrected chi connectivity index (χ4v) is 0.867. The van der Waals surface area contributed by atoms with Gasteiger partial charge >= 0.3 is 5.82 Å². The van der Waals surface area contributed by atoms with Gasteiger partial charge in [-0.15, -0.1) is 0 Å². The first kappa shape index (κ1) is 9.17. The second-order valence-corrected chi connectivity index (χ2v) is 2.47. The van der Waals surface area contributed by atoms with Crippen LogP contribution in [0.25, 0.3) is 0 Å². The normalized spacial score (nSPS) is 11.7. The highest BCUT2D eigenvalue weighted by atomic mass is 16.6. The molecule has 0 spiro atoms. The van der Waals surface area contributed by atoms with Crippen LogP contribution in [0.15, 0.2) is 6.20 Å². The van der Waals surface area contributed by atoms with Gasteiger partial charge in [-0.1, -0.05) is 0 Å². The summed E-state index contributed by atoms with van der Waals surface area (Å²) >= 11 is 0. The molecular weight excluding hydrogens is 176 g/mol. The number of hydroxylamine groups is 1. The van der Waals surface area contributed by atoms with E-state index < -0.39 is 4.92 Å². The Morgan fingerprint density at radius 3 is 2.62 bits per heavy atom. The maximum atomic E-state index is 10.6. The Balaban J connectivity index is 3.14. The van der Waals surface area contributed by atoms with Crippen molar-refractivity contribution in [1.29, 1.82) is 0 Å². The van der Waals surface area contributed by atoms with Gasteiger partial charge in [0.15, 0.2) is 0 Å². The molecule has 7 nitrogen and oxygen atoms in total. The predicted molar refractivity (Wildman–Crippen MR) is 44.6 cm³/mol. The molecule has 1 aromatic heterocycles. The van der Waals surface area contributed by atoms with Crippen molar-refractivity contribution in [2.45, 2.75) is 0 Å². The number of hydrogen-bond acceptors (Lipinski definition) is 4. The Bertz CT molecular complexity index is 364. The summed E-state index contributed by atoms with van der Waals surface area (Å²) in [5, 5.41) is 20.9. The van der Waals surface area contributed by atoms with E-state index in [4.69, 9.17) is 0 Å². The summed E-state index contributed by atoms with van der Waals surface area (Å²) in [6, 6.07) is 0. The van der Waals surface area contributed by atoms with Crippen LogP contribution in [0, 0.1) is 15.3 Å². The van der Waals surface area contributed by atoms with Gasteiger partial charge in [0.25, 0.3) is 5.82 Å². The molecule has 0 aliphatic carbocycles. The minimum Gasteiger partial charge on any atom is -0.624 e. The highest BCUT2D eigenvalue weighted by Gasteiger charge is 2.16. The molecule has 1 heterocycles. The number of nitro groups is 1. The lowest BCUT2D eigenvalue weighted by Gasteiger charge is -1.94. The van der Waals surface area contributed by atoms with Crippen LogP contribution in [0.5, 0.6) is 0 Å². The lowest BCUT2D eigenvalue weighted by Crippen LogP contribution is -2.06. The Kier molecular flexibility index (Phi) is 2.27. The molecule has 13 heavy (non-hydrogen) atoms. The standard InChI is InChI=1S/C6H8N4O3/c1-8(11)4-5-7-3-6(9(5)2)10(12)13/h3-4H,1-2H3/b8-4-. The van der Waals surface area contributed by atoms with Crippen molar-refractivity contribution in [3.63, 3.8) is 0 Å². The zero-order valence-corrected chi connectivity index (χ0v) is 7.17. The van der Waals surface area contributed by atoms with E-state index in [9.17, 15) is 15.3 Å². The molecule has 0 fully saturated rings. The third-order valence-electron chi connectivity index (χ3n) is 1.48. The van der Waals surface area contributed by atoms with Crippen molar-refractivity contribution >= 4 is 12.0 Å². The molecule has 0 bridgehead atoms. The molecule has 0 N–H and O–H groups in total. The molecule has 0 amide bonds. The van der Waals surface area contributed by atoms with Crippen LogP contribution in [0.4, 0.5) is 5.82 Å². The van der Waals surface area contributed by atoms with Crippen LogP contribution in [0.2, 0.25) is 0 Å². The zero-order chi connectivity index (χ0) is 10.0. The number of hydrogen-bond donors (Lipinski definition) is 0. The minimum absolute atomic E-state index is 0.145. The Morgan fingerprint density at radius 2 is 2.23 bits per heavy atom. The lowest BCUT2D eigenvalue weighted by atomic mass is 10.6. The quantitative estimate of drug-likeness (QED) is 0.211. The van der Waals surface area contributed by atoms with Crippen molar-refractivity contribution in [3.05, 3.63) is 27.3 Å². The molecule has 0 aromatic carbocycles. The number of nitrogens with zero attached hydrogens (tertiary/aromatic N) is 4. The molecule has 0 saturated heterocycles. The van der Waals surface area contributed by atoms with Gasteiger partial charge in [-0.25, -0.2) is 14.3 Å². The molecule has 7 heteroatoms. The van der Waals surface area contributed by atoms with E-state index >= 15 is 0 Å². The van der Waals surface area contributed by atoms with Crippen molar-refractivity contribution in [3.8, 4) is 0 Å². The van der Waals surface area contributed by atoms with Crippen LogP contribution in [-0.4, -0.2) is 32.5 Å². The summed E-state index contributed by atoms with van der Waals surface area (Å²) in [4.78, 5) is 13.5. The maximum Gasteiger partial charge on any atom is 0.343 e. The molecular formula is C6H8N4O3. The molecule has 70 valence electrons. The average molecular weight is 184 g/mol. The zero-order valence-electron chi connectivity index (χ0n) is 7.17. The van der Waals surface area contributed by atoms with E-state index in [0.29, 0.717) is 4.74 Å². The molecule has 0 radical (unpaired) electrons. The smallest absolute Gasteiger partial charge is 0.343 e. The third-order valence-corrected chi connectivity index (χ3v) is 1.48. The predicted octanol–water partition coefficient (Wildman–Crippen LogP) is -0.113. The van der Waals surface area contributed by atoms with Gasteiger partial charge in [-0.2, -0.15) is 0 Å². The first-order valence-electron chi connectivity index (χ1n) is 3.43. The molecule has 0 aliphatic rings. The van der Waals surface area contributed by atoms with E-state index in [2.05, 4.69) is 4.98 Å². The van der Waals surface area contributed by atoms with Crippen molar-refractivity contribution in [2.24, 2.45) is 7.05 Å². The van der Waals surface area contributed by atoms with Gasteiger partial charge < -0.3 is 15.3 Å².